The topological polar surface area (TPSA) is 30.7 Å². The zero-order chi connectivity index (χ0) is 11.5. The fourth-order valence-corrected chi connectivity index (χ4v) is 1.82. The summed E-state index contributed by atoms with van der Waals surface area (Å²) in [5.74, 6) is 2.43. The van der Waals surface area contributed by atoms with Gasteiger partial charge in [-0.15, -0.1) is 21.8 Å². The van der Waals surface area contributed by atoms with Crippen molar-refractivity contribution in [1.29, 1.82) is 0 Å². The highest BCUT2D eigenvalue weighted by Crippen LogP contribution is 2.20. The van der Waals surface area contributed by atoms with E-state index in [1.807, 2.05) is 34.9 Å². The highest BCUT2D eigenvalue weighted by molar-refractivity contribution is 6.16. The predicted molar refractivity (Wildman–Crippen MR) is 65.0 cm³/mol. The Kier molecular flexibility index (Phi) is 3.25. The van der Waals surface area contributed by atoms with Crippen molar-refractivity contribution in [3.05, 3.63) is 42.0 Å². The van der Waals surface area contributed by atoms with Crippen LogP contribution in [-0.2, 0) is 5.88 Å². The van der Waals surface area contributed by atoms with Crippen LogP contribution in [0.25, 0.3) is 5.69 Å². The standard InChI is InChI=1S/C12H14ClN3/c1-9(2)12-15-14-11(8-13)16(12)10-6-4-3-5-7-10/h3-7,9H,8H2,1-2H3. The number of alkyl halides is 1. The van der Waals surface area contributed by atoms with Crippen molar-refractivity contribution >= 4 is 11.6 Å². The molecule has 0 unspecified atom stereocenters. The van der Waals surface area contributed by atoms with Gasteiger partial charge in [-0.25, -0.2) is 0 Å². The summed E-state index contributed by atoms with van der Waals surface area (Å²) in [6.07, 6.45) is 0. The lowest BCUT2D eigenvalue weighted by molar-refractivity contribution is 0.741. The van der Waals surface area contributed by atoms with Gasteiger partial charge in [0.05, 0.1) is 5.88 Å². The number of nitrogens with zero attached hydrogens (tertiary/aromatic N) is 3. The first-order chi connectivity index (χ1) is 7.74. The van der Waals surface area contributed by atoms with Crippen LogP contribution in [0.15, 0.2) is 30.3 Å². The fourth-order valence-electron chi connectivity index (χ4n) is 1.65. The summed E-state index contributed by atoms with van der Waals surface area (Å²) in [6.45, 7) is 4.20. The molecule has 0 spiro atoms. The number of benzene rings is 1. The van der Waals surface area contributed by atoms with Gasteiger partial charge in [0, 0.05) is 11.6 Å². The number of para-hydroxylation sites is 1. The largest absolute Gasteiger partial charge is 0.282 e. The minimum Gasteiger partial charge on any atom is -0.282 e. The summed E-state index contributed by atoms with van der Waals surface area (Å²) in [5, 5.41) is 8.30. The minimum atomic E-state index is 0.324. The van der Waals surface area contributed by atoms with Crippen LogP contribution in [0, 0.1) is 0 Å². The number of hydrogen-bond donors (Lipinski definition) is 0. The van der Waals surface area contributed by atoms with Gasteiger partial charge in [-0.1, -0.05) is 32.0 Å². The molecule has 0 radical (unpaired) electrons. The molecule has 0 aliphatic rings. The SMILES string of the molecule is CC(C)c1nnc(CCl)n1-c1ccccc1. The smallest absolute Gasteiger partial charge is 0.152 e. The third kappa shape index (κ3) is 1.95. The Morgan fingerprint density at radius 3 is 2.44 bits per heavy atom. The molecule has 0 fully saturated rings. The molecule has 1 aromatic carbocycles. The Morgan fingerprint density at radius 2 is 1.88 bits per heavy atom. The maximum Gasteiger partial charge on any atom is 0.152 e. The van der Waals surface area contributed by atoms with Crippen LogP contribution in [0.3, 0.4) is 0 Å². The quantitative estimate of drug-likeness (QED) is 0.766. The molecular formula is C12H14ClN3. The lowest BCUT2D eigenvalue weighted by atomic mass is 10.2. The van der Waals surface area contributed by atoms with Gasteiger partial charge in [0.1, 0.15) is 5.82 Å². The molecule has 2 aromatic rings. The van der Waals surface area contributed by atoms with Gasteiger partial charge in [0.25, 0.3) is 0 Å². The Balaban J connectivity index is 2.57. The Labute approximate surface area is 100 Å². The average Bonchev–Trinajstić information content (AvgIpc) is 2.73. The van der Waals surface area contributed by atoms with Gasteiger partial charge in [0.15, 0.2) is 5.82 Å². The van der Waals surface area contributed by atoms with E-state index in [0.29, 0.717) is 11.8 Å². The lowest BCUT2D eigenvalue weighted by Gasteiger charge is -2.10. The lowest BCUT2D eigenvalue weighted by Crippen LogP contribution is -2.05. The van der Waals surface area contributed by atoms with Crippen LogP contribution in [0.4, 0.5) is 0 Å². The second-order valence-electron chi connectivity index (χ2n) is 3.93. The number of rotatable bonds is 3. The summed E-state index contributed by atoms with van der Waals surface area (Å²) in [4.78, 5) is 0. The molecular weight excluding hydrogens is 222 g/mol. The van der Waals surface area contributed by atoms with E-state index in [2.05, 4.69) is 24.0 Å². The molecule has 16 heavy (non-hydrogen) atoms. The third-order valence-corrected chi connectivity index (χ3v) is 2.64. The molecule has 0 aliphatic heterocycles. The molecule has 0 amide bonds. The van der Waals surface area contributed by atoms with Crippen LogP contribution in [0.2, 0.25) is 0 Å². The molecule has 0 aliphatic carbocycles. The van der Waals surface area contributed by atoms with E-state index >= 15 is 0 Å². The second kappa shape index (κ2) is 4.66. The molecule has 3 nitrogen and oxygen atoms in total. The van der Waals surface area contributed by atoms with E-state index < -0.39 is 0 Å². The summed E-state index contributed by atoms with van der Waals surface area (Å²) < 4.78 is 2.03. The minimum absolute atomic E-state index is 0.324. The van der Waals surface area contributed by atoms with Crippen molar-refractivity contribution in [2.24, 2.45) is 0 Å². The molecule has 0 saturated heterocycles. The zero-order valence-electron chi connectivity index (χ0n) is 9.39. The van der Waals surface area contributed by atoms with Crippen molar-refractivity contribution in [3.63, 3.8) is 0 Å². The van der Waals surface area contributed by atoms with Crippen molar-refractivity contribution < 1.29 is 0 Å². The summed E-state index contributed by atoms with van der Waals surface area (Å²) in [5.41, 5.74) is 1.06. The molecule has 84 valence electrons. The highest BCUT2D eigenvalue weighted by Gasteiger charge is 2.15. The monoisotopic (exact) mass is 235 g/mol. The Hall–Kier alpha value is -1.35. The van der Waals surface area contributed by atoms with Crippen molar-refractivity contribution in [3.8, 4) is 5.69 Å². The van der Waals surface area contributed by atoms with Gasteiger partial charge in [0.2, 0.25) is 0 Å². The van der Waals surface area contributed by atoms with Crippen LogP contribution in [0.5, 0.6) is 0 Å². The summed E-state index contributed by atoms with van der Waals surface area (Å²) in [7, 11) is 0. The van der Waals surface area contributed by atoms with E-state index in [1.165, 1.54) is 0 Å². The van der Waals surface area contributed by atoms with Gasteiger partial charge in [-0.2, -0.15) is 0 Å². The fraction of sp³-hybridized carbons (Fsp3) is 0.333. The van der Waals surface area contributed by atoms with E-state index in [-0.39, 0.29) is 0 Å². The molecule has 0 bridgehead atoms. The predicted octanol–water partition coefficient (Wildman–Crippen LogP) is 3.13. The summed E-state index contributed by atoms with van der Waals surface area (Å²) >= 11 is 5.88. The number of aromatic nitrogens is 3. The maximum atomic E-state index is 5.88. The van der Waals surface area contributed by atoms with Crippen LogP contribution in [0.1, 0.15) is 31.4 Å². The van der Waals surface area contributed by atoms with Gasteiger partial charge in [-0.3, -0.25) is 4.57 Å². The van der Waals surface area contributed by atoms with E-state index in [0.717, 1.165) is 17.3 Å². The second-order valence-corrected chi connectivity index (χ2v) is 4.20. The molecule has 2 rings (SSSR count). The van der Waals surface area contributed by atoms with Crippen molar-refractivity contribution in [2.45, 2.75) is 25.6 Å². The van der Waals surface area contributed by atoms with Crippen LogP contribution >= 0.6 is 11.6 Å². The van der Waals surface area contributed by atoms with Crippen molar-refractivity contribution in [2.75, 3.05) is 0 Å². The molecule has 4 heteroatoms. The van der Waals surface area contributed by atoms with Crippen molar-refractivity contribution in [1.82, 2.24) is 14.8 Å². The zero-order valence-corrected chi connectivity index (χ0v) is 10.1. The first kappa shape index (κ1) is 11.1. The first-order valence-corrected chi connectivity index (χ1v) is 5.83. The van der Waals surface area contributed by atoms with E-state index in [4.69, 9.17) is 11.6 Å². The molecule has 1 aromatic heterocycles. The van der Waals surface area contributed by atoms with Gasteiger partial charge < -0.3 is 0 Å². The van der Waals surface area contributed by atoms with Crippen LogP contribution < -0.4 is 0 Å². The Morgan fingerprint density at radius 1 is 1.19 bits per heavy atom. The molecule has 0 atom stereocenters. The summed E-state index contributed by atoms with van der Waals surface area (Å²) in [6, 6.07) is 10.1. The normalized spacial score (nSPS) is 11.0. The Bertz CT molecular complexity index is 462. The third-order valence-electron chi connectivity index (χ3n) is 2.41. The molecule has 0 N–H and O–H groups in total. The van der Waals surface area contributed by atoms with E-state index in [1.54, 1.807) is 0 Å². The maximum absolute atomic E-state index is 5.88. The van der Waals surface area contributed by atoms with Gasteiger partial charge in [-0.05, 0) is 12.1 Å². The number of halogens is 1. The molecule has 0 saturated carbocycles. The average molecular weight is 236 g/mol. The van der Waals surface area contributed by atoms with Gasteiger partial charge >= 0.3 is 0 Å². The number of hydrogen-bond acceptors (Lipinski definition) is 2. The van der Waals surface area contributed by atoms with E-state index in [9.17, 15) is 0 Å². The highest BCUT2D eigenvalue weighted by atomic mass is 35.5. The molecule has 1 heterocycles. The first-order valence-electron chi connectivity index (χ1n) is 5.29. The van der Waals surface area contributed by atoms with Crippen LogP contribution in [-0.4, -0.2) is 14.8 Å².